The van der Waals surface area contributed by atoms with Gasteiger partial charge in [0, 0.05) is 23.1 Å². The molecule has 0 aliphatic heterocycles. The Kier molecular flexibility index (Phi) is 3.95. The molecule has 1 heterocycles. The van der Waals surface area contributed by atoms with Crippen molar-refractivity contribution in [1.82, 2.24) is 10.3 Å². The minimum atomic E-state index is -0.0940. The second kappa shape index (κ2) is 6.10. The summed E-state index contributed by atoms with van der Waals surface area (Å²) in [4.78, 5) is 3.31. The molecule has 1 aliphatic carbocycles. The number of hydrogen-bond donors (Lipinski definition) is 2. The zero-order valence-corrected chi connectivity index (χ0v) is 14.3. The van der Waals surface area contributed by atoms with Gasteiger partial charge >= 0.3 is 0 Å². The third-order valence-corrected chi connectivity index (χ3v) is 5.36. The maximum absolute atomic E-state index is 14.1. The second-order valence-electron chi connectivity index (χ2n) is 6.08. The smallest absolute Gasteiger partial charge is 0.140 e. The molecule has 118 valence electrons. The summed E-state index contributed by atoms with van der Waals surface area (Å²) >= 11 is 3.27. The van der Waals surface area contributed by atoms with Gasteiger partial charge in [0.05, 0.1) is 4.47 Å². The number of fused-ring (bicyclic) bond motifs is 2. The minimum absolute atomic E-state index is 0.0940. The van der Waals surface area contributed by atoms with Gasteiger partial charge < -0.3 is 10.3 Å². The first-order chi connectivity index (χ1) is 11.2. The topological polar surface area (TPSA) is 27.8 Å². The van der Waals surface area contributed by atoms with Crippen LogP contribution >= 0.6 is 15.9 Å². The molecule has 2 N–H and O–H groups in total. The van der Waals surface area contributed by atoms with E-state index in [0.29, 0.717) is 4.47 Å². The zero-order valence-electron chi connectivity index (χ0n) is 12.7. The van der Waals surface area contributed by atoms with Crippen molar-refractivity contribution in [3.63, 3.8) is 0 Å². The first-order valence-corrected chi connectivity index (χ1v) is 8.78. The summed E-state index contributed by atoms with van der Waals surface area (Å²) in [6, 6.07) is 12.5. The van der Waals surface area contributed by atoms with Crippen LogP contribution in [0.2, 0.25) is 0 Å². The van der Waals surface area contributed by atoms with E-state index in [9.17, 15) is 4.39 Å². The van der Waals surface area contributed by atoms with E-state index in [0.717, 1.165) is 36.9 Å². The molecule has 2 nitrogen and oxygen atoms in total. The zero-order chi connectivity index (χ0) is 15.8. The number of rotatable bonds is 4. The quantitative estimate of drug-likeness (QED) is 0.670. The van der Waals surface area contributed by atoms with Crippen LogP contribution in [0, 0.1) is 5.82 Å². The summed E-state index contributed by atoms with van der Waals surface area (Å²) in [5.74, 6) is -0.0940. The van der Waals surface area contributed by atoms with Gasteiger partial charge in [-0.1, -0.05) is 24.3 Å². The summed E-state index contributed by atoms with van der Waals surface area (Å²) < 4.78 is 14.7. The summed E-state index contributed by atoms with van der Waals surface area (Å²) in [6.45, 7) is 0.892. The van der Waals surface area contributed by atoms with E-state index in [4.69, 9.17) is 0 Å². The van der Waals surface area contributed by atoms with Gasteiger partial charge in [-0.15, -0.1) is 0 Å². The number of H-pyrrole nitrogens is 1. The Morgan fingerprint density at radius 2 is 2.09 bits per heavy atom. The van der Waals surface area contributed by atoms with Crippen molar-refractivity contribution in [3.8, 4) is 0 Å². The van der Waals surface area contributed by atoms with E-state index in [1.165, 1.54) is 16.5 Å². The SMILES string of the molecule is Fc1c(Br)ccc2c1CCC2NCCc1c[nH]c2ccccc12. The first kappa shape index (κ1) is 14.9. The highest BCUT2D eigenvalue weighted by molar-refractivity contribution is 9.10. The van der Waals surface area contributed by atoms with Crippen LogP contribution in [-0.2, 0) is 12.8 Å². The highest BCUT2D eigenvalue weighted by Crippen LogP contribution is 2.35. The Morgan fingerprint density at radius 1 is 1.22 bits per heavy atom. The lowest BCUT2D eigenvalue weighted by Gasteiger charge is -2.14. The van der Waals surface area contributed by atoms with Gasteiger partial charge in [-0.25, -0.2) is 4.39 Å². The number of para-hydroxylation sites is 1. The van der Waals surface area contributed by atoms with Crippen molar-refractivity contribution < 1.29 is 4.39 Å². The van der Waals surface area contributed by atoms with Crippen LogP contribution in [0.25, 0.3) is 10.9 Å². The normalized spacial score (nSPS) is 16.9. The van der Waals surface area contributed by atoms with Crippen LogP contribution in [0.3, 0.4) is 0 Å². The molecule has 1 aromatic heterocycles. The van der Waals surface area contributed by atoms with Gasteiger partial charge in [0.2, 0.25) is 0 Å². The molecule has 0 radical (unpaired) electrons. The molecular formula is C19H18BrFN2. The summed E-state index contributed by atoms with van der Waals surface area (Å²) in [7, 11) is 0. The standard InChI is InChI=1S/C19H18BrFN2/c20-16-7-5-14-15(19(16)21)6-8-18(14)22-10-9-12-11-23-17-4-2-1-3-13(12)17/h1-5,7,11,18,22-23H,6,8-10H2. The predicted octanol–water partition coefficient (Wildman–Crippen LogP) is 4.89. The number of nitrogens with one attached hydrogen (secondary N) is 2. The van der Waals surface area contributed by atoms with Crippen molar-refractivity contribution in [2.45, 2.75) is 25.3 Å². The lowest BCUT2D eigenvalue weighted by Crippen LogP contribution is -2.21. The summed E-state index contributed by atoms with van der Waals surface area (Å²) in [6.07, 6.45) is 4.84. The van der Waals surface area contributed by atoms with E-state index in [-0.39, 0.29) is 11.9 Å². The molecule has 3 aromatic rings. The number of halogens is 2. The van der Waals surface area contributed by atoms with E-state index < -0.39 is 0 Å². The fourth-order valence-corrected chi connectivity index (χ4v) is 3.94. The number of aromatic nitrogens is 1. The fraction of sp³-hybridized carbons (Fsp3) is 0.263. The van der Waals surface area contributed by atoms with E-state index in [1.807, 2.05) is 18.2 Å². The predicted molar refractivity (Wildman–Crippen MR) is 95.2 cm³/mol. The molecule has 2 aromatic carbocycles. The van der Waals surface area contributed by atoms with Gasteiger partial charge in [0.15, 0.2) is 0 Å². The third-order valence-electron chi connectivity index (χ3n) is 4.75. The number of aromatic amines is 1. The monoisotopic (exact) mass is 372 g/mol. The molecule has 1 unspecified atom stereocenters. The van der Waals surface area contributed by atoms with Crippen LogP contribution in [0.4, 0.5) is 4.39 Å². The van der Waals surface area contributed by atoms with Crippen molar-refractivity contribution >= 4 is 26.8 Å². The van der Waals surface area contributed by atoms with E-state index in [1.54, 1.807) is 0 Å². The molecule has 0 spiro atoms. The molecule has 0 fully saturated rings. The minimum Gasteiger partial charge on any atom is -0.361 e. The molecule has 1 aliphatic rings. The summed E-state index contributed by atoms with van der Waals surface area (Å²) in [5.41, 5.74) is 4.49. The lowest BCUT2D eigenvalue weighted by atomic mass is 10.1. The molecule has 0 amide bonds. The largest absolute Gasteiger partial charge is 0.361 e. The Hall–Kier alpha value is -1.65. The van der Waals surface area contributed by atoms with Crippen LogP contribution in [0.5, 0.6) is 0 Å². The maximum atomic E-state index is 14.1. The average molecular weight is 373 g/mol. The molecular weight excluding hydrogens is 355 g/mol. The average Bonchev–Trinajstić information content (AvgIpc) is 3.16. The van der Waals surface area contributed by atoms with Crippen molar-refractivity contribution in [1.29, 1.82) is 0 Å². The Bertz CT molecular complexity index is 856. The highest BCUT2D eigenvalue weighted by Gasteiger charge is 2.25. The van der Waals surface area contributed by atoms with Crippen molar-refractivity contribution in [3.05, 3.63) is 69.6 Å². The van der Waals surface area contributed by atoms with Gasteiger partial charge in [0.25, 0.3) is 0 Å². The number of hydrogen-bond acceptors (Lipinski definition) is 1. The van der Waals surface area contributed by atoms with Crippen molar-refractivity contribution in [2.24, 2.45) is 0 Å². The Morgan fingerprint density at radius 3 is 3.00 bits per heavy atom. The van der Waals surface area contributed by atoms with Gasteiger partial charge in [0.1, 0.15) is 5.82 Å². The maximum Gasteiger partial charge on any atom is 0.140 e. The molecule has 4 rings (SSSR count). The molecule has 1 atom stereocenters. The summed E-state index contributed by atoms with van der Waals surface area (Å²) in [5, 5.41) is 4.88. The van der Waals surface area contributed by atoms with Gasteiger partial charge in [-0.3, -0.25) is 0 Å². The highest BCUT2D eigenvalue weighted by atomic mass is 79.9. The first-order valence-electron chi connectivity index (χ1n) is 7.99. The van der Waals surface area contributed by atoms with Gasteiger partial charge in [-0.2, -0.15) is 0 Å². The van der Waals surface area contributed by atoms with Crippen molar-refractivity contribution in [2.75, 3.05) is 6.54 Å². The third kappa shape index (κ3) is 2.70. The second-order valence-corrected chi connectivity index (χ2v) is 6.94. The van der Waals surface area contributed by atoms with Gasteiger partial charge in [-0.05, 0) is 70.6 Å². The molecule has 0 saturated heterocycles. The van der Waals surface area contributed by atoms with Crippen LogP contribution in [0.1, 0.15) is 29.2 Å². The van der Waals surface area contributed by atoms with Crippen LogP contribution in [-0.4, -0.2) is 11.5 Å². The van der Waals surface area contributed by atoms with E-state index >= 15 is 0 Å². The Labute approximate surface area is 143 Å². The number of benzene rings is 2. The van der Waals surface area contributed by atoms with Crippen LogP contribution < -0.4 is 5.32 Å². The molecule has 0 bridgehead atoms. The molecule has 4 heteroatoms. The fourth-order valence-electron chi connectivity index (χ4n) is 3.56. The molecule has 23 heavy (non-hydrogen) atoms. The molecule has 0 saturated carbocycles. The van der Waals surface area contributed by atoms with Crippen LogP contribution in [0.15, 0.2) is 47.1 Å². The lowest BCUT2D eigenvalue weighted by molar-refractivity contribution is 0.534. The Balaban J connectivity index is 1.44. The van der Waals surface area contributed by atoms with E-state index in [2.05, 4.69) is 50.6 Å².